The SMILES string of the molecule is CC(C)OC(=O)CNCC1CCS(=O)(=O)C1. The molecule has 1 fully saturated rings. The molecule has 0 spiro atoms. The summed E-state index contributed by atoms with van der Waals surface area (Å²) >= 11 is 0. The molecule has 0 radical (unpaired) electrons. The Hall–Kier alpha value is -0.620. The Kier molecular flexibility index (Phi) is 4.73. The number of hydrogen-bond donors (Lipinski definition) is 1. The summed E-state index contributed by atoms with van der Waals surface area (Å²) < 4.78 is 27.3. The van der Waals surface area contributed by atoms with Crippen molar-refractivity contribution in [1.82, 2.24) is 5.32 Å². The number of carbonyl (C=O) groups is 1. The van der Waals surface area contributed by atoms with E-state index in [4.69, 9.17) is 4.74 Å². The minimum atomic E-state index is -2.82. The monoisotopic (exact) mass is 249 g/mol. The van der Waals surface area contributed by atoms with Gasteiger partial charge in [0.1, 0.15) is 0 Å². The van der Waals surface area contributed by atoms with Crippen molar-refractivity contribution in [1.29, 1.82) is 0 Å². The number of rotatable bonds is 5. The molecule has 1 aliphatic rings. The van der Waals surface area contributed by atoms with Gasteiger partial charge in [-0.15, -0.1) is 0 Å². The molecule has 0 aliphatic carbocycles. The lowest BCUT2D eigenvalue weighted by Gasteiger charge is -2.10. The van der Waals surface area contributed by atoms with Crippen LogP contribution in [0.4, 0.5) is 0 Å². The molecule has 1 aliphatic heterocycles. The van der Waals surface area contributed by atoms with Crippen LogP contribution in [0.5, 0.6) is 0 Å². The van der Waals surface area contributed by atoms with Crippen molar-refractivity contribution in [2.24, 2.45) is 5.92 Å². The van der Waals surface area contributed by atoms with Gasteiger partial charge in [-0.3, -0.25) is 4.79 Å². The Bertz CT molecular complexity index is 337. The van der Waals surface area contributed by atoms with Gasteiger partial charge in [0.05, 0.1) is 24.2 Å². The molecule has 0 amide bonds. The molecular formula is C10H19NO4S. The maximum absolute atomic E-state index is 11.2. The van der Waals surface area contributed by atoms with Gasteiger partial charge in [0.15, 0.2) is 9.84 Å². The third-order valence-corrected chi connectivity index (χ3v) is 4.23. The van der Waals surface area contributed by atoms with Crippen LogP contribution in [0.25, 0.3) is 0 Å². The van der Waals surface area contributed by atoms with Gasteiger partial charge in [0, 0.05) is 0 Å². The fraction of sp³-hybridized carbons (Fsp3) is 0.900. The topological polar surface area (TPSA) is 72.5 Å². The summed E-state index contributed by atoms with van der Waals surface area (Å²) in [6.45, 7) is 4.30. The van der Waals surface area contributed by atoms with E-state index in [9.17, 15) is 13.2 Å². The molecule has 6 heteroatoms. The third-order valence-electron chi connectivity index (χ3n) is 2.40. The quantitative estimate of drug-likeness (QED) is 0.692. The maximum atomic E-state index is 11.2. The molecule has 1 heterocycles. The van der Waals surface area contributed by atoms with Crippen molar-refractivity contribution in [2.45, 2.75) is 26.4 Å². The van der Waals surface area contributed by atoms with Crippen LogP contribution < -0.4 is 5.32 Å². The number of nitrogens with one attached hydrogen (secondary N) is 1. The molecule has 1 rings (SSSR count). The van der Waals surface area contributed by atoms with Crippen LogP contribution in [0.3, 0.4) is 0 Å². The van der Waals surface area contributed by atoms with E-state index >= 15 is 0 Å². The van der Waals surface area contributed by atoms with E-state index in [0.717, 1.165) is 0 Å². The first kappa shape index (κ1) is 13.4. The van der Waals surface area contributed by atoms with E-state index < -0.39 is 9.84 Å². The number of carbonyl (C=O) groups excluding carboxylic acids is 1. The molecule has 0 aromatic heterocycles. The van der Waals surface area contributed by atoms with Crippen molar-refractivity contribution >= 4 is 15.8 Å². The largest absolute Gasteiger partial charge is 0.462 e. The molecule has 94 valence electrons. The van der Waals surface area contributed by atoms with Gasteiger partial charge in [-0.05, 0) is 32.7 Å². The lowest BCUT2D eigenvalue weighted by molar-refractivity contribution is -0.146. The molecule has 5 nitrogen and oxygen atoms in total. The molecule has 0 bridgehead atoms. The normalized spacial score (nSPS) is 23.6. The minimum absolute atomic E-state index is 0.110. The second-order valence-corrected chi connectivity index (χ2v) is 6.67. The Labute approximate surface area is 96.5 Å². The number of sulfone groups is 1. The van der Waals surface area contributed by atoms with E-state index in [0.29, 0.717) is 13.0 Å². The summed E-state index contributed by atoms with van der Waals surface area (Å²) in [4.78, 5) is 11.2. The van der Waals surface area contributed by atoms with Crippen molar-refractivity contribution in [2.75, 3.05) is 24.6 Å². The summed E-state index contributed by atoms with van der Waals surface area (Å²) in [5.41, 5.74) is 0. The lowest BCUT2D eigenvalue weighted by atomic mass is 10.1. The second-order valence-electron chi connectivity index (χ2n) is 4.44. The smallest absolute Gasteiger partial charge is 0.320 e. The number of hydrogen-bond acceptors (Lipinski definition) is 5. The standard InChI is InChI=1S/C10H19NO4S/c1-8(2)15-10(12)6-11-5-9-3-4-16(13,14)7-9/h8-9,11H,3-7H2,1-2H3. The molecular weight excluding hydrogens is 230 g/mol. The first-order valence-electron chi connectivity index (χ1n) is 5.49. The predicted molar refractivity (Wildman–Crippen MR) is 60.9 cm³/mol. The average Bonchev–Trinajstić information content (AvgIpc) is 2.44. The molecule has 0 aromatic carbocycles. The van der Waals surface area contributed by atoms with Gasteiger partial charge in [-0.25, -0.2) is 8.42 Å². The molecule has 1 unspecified atom stereocenters. The average molecular weight is 249 g/mol. The molecule has 1 saturated heterocycles. The zero-order valence-electron chi connectivity index (χ0n) is 9.73. The first-order chi connectivity index (χ1) is 7.39. The molecule has 0 aromatic rings. The highest BCUT2D eigenvalue weighted by Crippen LogP contribution is 2.17. The van der Waals surface area contributed by atoms with Crippen LogP contribution in [0, 0.1) is 5.92 Å². The van der Waals surface area contributed by atoms with Crippen LogP contribution in [-0.2, 0) is 19.4 Å². The first-order valence-corrected chi connectivity index (χ1v) is 7.32. The van der Waals surface area contributed by atoms with E-state index in [-0.39, 0.29) is 36.0 Å². The predicted octanol–water partition coefficient (Wildman–Crippen LogP) is -0.0377. The van der Waals surface area contributed by atoms with Gasteiger partial charge in [0.2, 0.25) is 0 Å². The number of ether oxygens (including phenoxy) is 1. The number of esters is 1. The highest BCUT2D eigenvalue weighted by molar-refractivity contribution is 7.91. The molecule has 16 heavy (non-hydrogen) atoms. The van der Waals surface area contributed by atoms with E-state index in [1.165, 1.54) is 0 Å². The van der Waals surface area contributed by atoms with E-state index in [2.05, 4.69) is 5.32 Å². The van der Waals surface area contributed by atoms with Crippen molar-refractivity contribution in [3.8, 4) is 0 Å². The minimum Gasteiger partial charge on any atom is -0.462 e. The zero-order valence-corrected chi connectivity index (χ0v) is 10.5. The zero-order chi connectivity index (χ0) is 12.2. The summed E-state index contributed by atoms with van der Waals surface area (Å²) in [6.07, 6.45) is 0.579. The molecule has 1 N–H and O–H groups in total. The second kappa shape index (κ2) is 5.63. The highest BCUT2D eigenvalue weighted by atomic mass is 32.2. The van der Waals surface area contributed by atoms with Crippen LogP contribution in [-0.4, -0.2) is 45.1 Å². The fourth-order valence-electron chi connectivity index (χ4n) is 1.72. The Balaban J connectivity index is 2.15. The summed E-state index contributed by atoms with van der Waals surface area (Å²) in [5.74, 6) is 0.349. The van der Waals surface area contributed by atoms with Gasteiger partial charge in [0.25, 0.3) is 0 Å². The van der Waals surface area contributed by atoms with Crippen molar-refractivity contribution in [3.05, 3.63) is 0 Å². The van der Waals surface area contributed by atoms with Gasteiger partial charge < -0.3 is 10.1 Å². The summed E-state index contributed by atoms with van der Waals surface area (Å²) in [7, 11) is -2.82. The highest BCUT2D eigenvalue weighted by Gasteiger charge is 2.27. The van der Waals surface area contributed by atoms with Crippen LogP contribution in [0.2, 0.25) is 0 Å². The Morgan fingerprint density at radius 2 is 2.19 bits per heavy atom. The van der Waals surface area contributed by atoms with Crippen molar-refractivity contribution < 1.29 is 17.9 Å². The van der Waals surface area contributed by atoms with Gasteiger partial charge in [-0.1, -0.05) is 0 Å². The Morgan fingerprint density at radius 3 is 2.69 bits per heavy atom. The molecule has 1 atom stereocenters. The van der Waals surface area contributed by atoms with E-state index in [1.807, 2.05) is 0 Å². The van der Waals surface area contributed by atoms with E-state index in [1.54, 1.807) is 13.8 Å². The lowest BCUT2D eigenvalue weighted by Crippen LogP contribution is -2.31. The van der Waals surface area contributed by atoms with Crippen LogP contribution in [0.15, 0.2) is 0 Å². The summed E-state index contributed by atoms with van der Waals surface area (Å²) in [5, 5.41) is 2.93. The summed E-state index contributed by atoms with van der Waals surface area (Å²) in [6, 6.07) is 0. The molecule has 0 saturated carbocycles. The Morgan fingerprint density at radius 1 is 1.50 bits per heavy atom. The maximum Gasteiger partial charge on any atom is 0.320 e. The van der Waals surface area contributed by atoms with Gasteiger partial charge in [-0.2, -0.15) is 0 Å². The van der Waals surface area contributed by atoms with Crippen LogP contribution in [0.1, 0.15) is 20.3 Å². The van der Waals surface area contributed by atoms with Crippen molar-refractivity contribution in [3.63, 3.8) is 0 Å². The third kappa shape index (κ3) is 4.94. The van der Waals surface area contributed by atoms with Gasteiger partial charge >= 0.3 is 5.97 Å². The van der Waals surface area contributed by atoms with Crippen LogP contribution >= 0.6 is 0 Å². The fourth-order valence-corrected chi connectivity index (χ4v) is 3.58.